The standard InChI is InChI=1S/C13H8FN4O9S3/c14-12-15-5-16-13(18-12)17-9-4-8-6(2-11(9)30(25,26)27)1-7(28(19,20)21)3-10(8)29(22,23)24/h1-4H,(H,19,20,21)(H,22,23,24)(H,25,26,27)(H,15,16,17,18). The summed E-state index contributed by atoms with van der Waals surface area (Å²) in [5.74, 6) is -0.574. The minimum Gasteiger partial charge on any atom is -0.323 e. The summed E-state index contributed by atoms with van der Waals surface area (Å²) in [5.41, 5.74) is -0.562. The maximum atomic E-state index is 13.1. The largest absolute Gasteiger partial charge is 0.323 e. The minimum atomic E-state index is -5.08. The van der Waals surface area contributed by atoms with E-state index >= 15 is 0 Å². The van der Waals surface area contributed by atoms with Gasteiger partial charge in [0, 0.05) is 5.39 Å². The van der Waals surface area contributed by atoms with Gasteiger partial charge in [0.05, 0.1) is 10.6 Å². The van der Waals surface area contributed by atoms with E-state index in [0.29, 0.717) is 18.2 Å². The Kier molecular flexibility index (Phi) is 5.21. The van der Waals surface area contributed by atoms with Gasteiger partial charge in [0.15, 0.2) is 0 Å². The lowest BCUT2D eigenvalue weighted by Crippen LogP contribution is -2.08. The van der Waals surface area contributed by atoms with Crippen molar-refractivity contribution in [1.29, 1.82) is 0 Å². The van der Waals surface area contributed by atoms with E-state index in [4.69, 9.17) is 0 Å². The predicted octanol–water partition coefficient (Wildman–Crippen LogP) is 0.448. The van der Waals surface area contributed by atoms with Crippen molar-refractivity contribution < 1.29 is 43.3 Å². The number of fused-ring (bicyclic) bond motifs is 1. The van der Waals surface area contributed by atoms with Crippen molar-refractivity contribution in [2.75, 3.05) is 5.32 Å². The van der Waals surface area contributed by atoms with Crippen LogP contribution in [0.5, 0.6) is 0 Å². The lowest BCUT2D eigenvalue weighted by molar-refractivity contribution is 0.480. The smallest absolute Gasteiger partial charge is 0.314 e. The number of hydrogen-bond acceptors (Lipinski definition) is 10. The van der Waals surface area contributed by atoms with E-state index in [1.807, 2.05) is 6.33 Å². The maximum Gasteiger partial charge on any atom is 0.314 e. The zero-order valence-electron chi connectivity index (χ0n) is 14.0. The van der Waals surface area contributed by atoms with Gasteiger partial charge < -0.3 is 5.32 Å². The summed E-state index contributed by atoms with van der Waals surface area (Å²) >= 11 is 0. The lowest BCUT2D eigenvalue weighted by atomic mass is 10.1. The summed E-state index contributed by atoms with van der Waals surface area (Å²) in [6.07, 6.45) is 0.569. The summed E-state index contributed by atoms with van der Waals surface area (Å²) in [7, 11) is -15.1. The van der Waals surface area contributed by atoms with Crippen molar-refractivity contribution >= 4 is 52.8 Å². The SMILES string of the molecule is O=S(=O)(O)c1cc(S(=O)(=O)O)c2cc(Nc3n[c]nc(F)n3)c(S(=O)(=O)O)cc2c1. The summed E-state index contributed by atoms with van der Waals surface area (Å²) < 4.78 is 111. The second kappa shape index (κ2) is 7.15. The third-order valence-corrected chi connectivity index (χ3v) is 6.20. The minimum absolute atomic E-state index is 0.413. The highest BCUT2D eigenvalue weighted by Crippen LogP contribution is 2.34. The summed E-state index contributed by atoms with van der Waals surface area (Å²) in [5, 5.41) is 1.39. The van der Waals surface area contributed by atoms with Crippen LogP contribution < -0.4 is 5.32 Å². The molecule has 0 fully saturated rings. The van der Waals surface area contributed by atoms with Crippen molar-refractivity contribution in [2.45, 2.75) is 14.7 Å². The number of hydrogen-bond donors (Lipinski definition) is 4. The van der Waals surface area contributed by atoms with Gasteiger partial charge in [0.2, 0.25) is 12.3 Å². The number of nitrogens with zero attached hydrogens (tertiary/aromatic N) is 3. The van der Waals surface area contributed by atoms with Crippen molar-refractivity contribution in [3.63, 3.8) is 0 Å². The van der Waals surface area contributed by atoms with Crippen LogP contribution >= 0.6 is 0 Å². The van der Waals surface area contributed by atoms with Gasteiger partial charge in [-0.25, -0.2) is 0 Å². The van der Waals surface area contributed by atoms with Crippen LogP contribution in [0, 0.1) is 12.4 Å². The molecule has 0 aliphatic carbocycles. The summed E-state index contributed by atoms with van der Waals surface area (Å²) in [4.78, 5) is 6.68. The van der Waals surface area contributed by atoms with Crippen LogP contribution in [0.3, 0.4) is 0 Å². The Morgan fingerprint density at radius 3 is 2.00 bits per heavy atom. The fourth-order valence-electron chi connectivity index (χ4n) is 2.43. The predicted molar refractivity (Wildman–Crippen MR) is 95.3 cm³/mol. The molecule has 0 saturated carbocycles. The molecule has 0 spiro atoms. The number of rotatable bonds is 5. The Morgan fingerprint density at radius 1 is 0.833 bits per heavy atom. The van der Waals surface area contributed by atoms with Crippen molar-refractivity contribution in [1.82, 2.24) is 15.0 Å². The summed E-state index contributed by atoms with van der Waals surface area (Å²) in [6.45, 7) is 0. The zero-order chi connectivity index (χ0) is 22.5. The number of anilines is 2. The molecule has 0 atom stereocenters. The first kappa shape index (κ1) is 21.9. The molecule has 3 rings (SSSR count). The normalized spacial score (nSPS) is 12.8. The molecule has 0 aliphatic heterocycles. The zero-order valence-corrected chi connectivity index (χ0v) is 16.5. The molecular weight excluding hydrogens is 471 g/mol. The highest BCUT2D eigenvalue weighted by Gasteiger charge is 2.24. The maximum absolute atomic E-state index is 13.1. The molecule has 1 radical (unpaired) electrons. The molecule has 159 valence electrons. The monoisotopic (exact) mass is 479 g/mol. The third-order valence-electron chi connectivity index (χ3n) is 3.58. The first-order chi connectivity index (χ1) is 13.7. The van der Waals surface area contributed by atoms with Gasteiger partial charge in [-0.2, -0.15) is 44.6 Å². The Morgan fingerprint density at radius 2 is 1.47 bits per heavy atom. The van der Waals surface area contributed by atoms with Crippen LogP contribution in [0.15, 0.2) is 39.0 Å². The van der Waals surface area contributed by atoms with Crippen LogP contribution in [0.4, 0.5) is 16.0 Å². The van der Waals surface area contributed by atoms with Gasteiger partial charge in [0.25, 0.3) is 30.4 Å². The molecule has 2 aromatic carbocycles. The molecule has 0 saturated heterocycles. The molecular formula is C13H8FN4O9S3. The van der Waals surface area contributed by atoms with Gasteiger partial charge >= 0.3 is 6.08 Å². The van der Waals surface area contributed by atoms with Crippen LogP contribution in [-0.4, -0.2) is 53.9 Å². The molecule has 0 unspecified atom stereocenters. The molecule has 17 heteroatoms. The average molecular weight is 479 g/mol. The second-order valence-electron chi connectivity index (χ2n) is 5.57. The first-order valence-corrected chi connectivity index (χ1v) is 11.6. The highest BCUT2D eigenvalue weighted by atomic mass is 32.2. The van der Waals surface area contributed by atoms with E-state index in [-0.39, 0.29) is 0 Å². The fourth-order valence-corrected chi connectivity index (χ4v) is 4.44. The third kappa shape index (κ3) is 4.50. The van der Waals surface area contributed by atoms with E-state index < -0.39 is 73.5 Å². The molecule has 1 aromatic heterocycles. The molecule has 3 aromatic rings. The van der Waals surface area contributed by atoms with Crippen molar-refractivity contribution in [3.8, 4) is 0 Å². The van der Waals surface area contributed by atoms with Crippen LogP contribution in [0.2, 0.25) is 0 Å². The quantitative estimate of drug-likeness (QED) is 0.366. The van der Waals surface area contributed by atoms with E-state index in [2.05, 4.69) is 20.3 Å². The van der Waals surface area contributed by atoms with E-state index in [0.717, 1.165) is 6.07 Å². The number of nitrogens with one attached hydrogen (secondary N) is 1. The molecule has 13 nitrogen and oxygen atoms in total. The van der Waals surface area contributed by atoms with E-state index in [9.17, 15) is 43.3 Å². The van der Waals surface area contributed by atoms with E-state index in [1.165, 1.54) is 0 Å². The molecule has 0 aliphatic rings. The van der Waals surface area contributed by atoms with Crippen molar-refractivity contribution in [2.24, 2.45) is 0 Å². The van der Waals surface area contributed by atoms with Crippen LogP contribution in [0.1, 0.15) is 0 Å². The number of halogens is 1. The van der Waals surface area contributed by atoms with Gasteiger partial charge in [-0.3, -0.25) is 13.7 Å². The van der Waals surface area contributed by atoms with Gasteiger partial charge in [-0.15, -0.1) is 0 Å². The van der Waals surface area contributed by atoms with E-state index in [1.54, 1.807) is 0 Å². The molecule has 1 heterocycles. The lowest BCUT2D eigenvalue weighted by Gasteiger charge is -2.13. The molecule has 0 bridgehead atoms. The topological polar surface area (TPSA) is 214 Å². The van der Waals surface area contributed by atoms with Crippen molar-refractivity contribution in [3.05, 3.63) is 36.7 Å². The Labute approximate surface area is 167 Å². The summed E-state index contributed by atoms with van der Waals surface area (Å²) in [6, 6.07) is 2.57. The fraction of sp³-hybridized carbons (Fsp3) is 0. The average Bonchev–Trinajstić information content (AvgIpc) is 2.57. The first-order valence-electron chi connectivity index (χ1n) is 7.25. The number of aromatic nitrogens is 3. The van der Waals surface area contributed by atoms with Gasteiger partial charge in [-0.05, 0) is 29.7 Å². The Balaban J connectivity index is 2.42. The second-order valence-corrected chi connectivity index (χ2v) is 9.77. The molecule has 0 amide bonds. The van der Waals surface area contributed by atoms with Crippen LogP contribution in [0.25, 0.3) is 10.8 Å². The number of benzene rings is 2. The molecule has 30 heavy (non-hydrogen) atoms. The Bertz CT molecular complexity index is 1510. The molecule has 4 N–H and O–H groups in total. The highest BCUT2D eigenvalue weighted by molar-refractivity contribution is 7.87. The van der Waals surface area contributed by atoms with Gasteiger partial charge in [-0.1, -0.05) is 0 Å². The van der Waals surface area contributed by atoms with Crippen LogP contribution in [-0.2, 0) is 30.4 Å². The van der Waals surface area contributed by atoms with Gasteiger partial charge in [0.1, 0.15) is 9.79 Å². The Hall–Kier alpha value is -2.83.